The molecule has 0 spiro atoms. The summed E-state index contributed by atoms with van der Waals surface area (Å²) in [6.07, 6.45) is 1.66. The molecule has 1 aromatic rings. The van der Waals surface area contributed by atoms with Crippen LogP contribution in [0.4, 0.5) is 11.6 Å². The third-order valence-electron chi connectivity index (χ3n) is 3.33. The molecule has 1 fully saturated rings. The number of aromatic nitrogens is 2. The van der Waals surface area contributed by atoms with E-state index in [1.54, 1.807) is 6.33 Å². The van der Waals surface area contributed by atoms with E-state index in [1.165, 1.54) is 11.5 Å². The third kappa shape index (κ3) is 4.54. The lowest BCUT2D eigenvalue weighted by Gasteiger charge is -2.27. The fourth-order valence-corrected chi connectivity index (χ4v) is 2.85. The second kappa shape index (κ2) is 7.55. The van der Waals surface area contributed by atoms with Crippen LogP contribution in [0.25, 0.3) is 0 Å². The summed E-state index contributed by atoms with van der Waals surface area (Å²) in [5.41, 5.74) is 0. The summed E-state index contributed by atoms with van der Waals surface area (Å²) in [7, 11) is 2.12. The van der Waals surface area contributed by atoms with E-state index in [0.29, 0.717) is 0 Å². The number of thioether (sulfide) groups is 1. The Morgan fingerprint density at radius 3 is 2.89 bits per heavy atom. The first-order valence-corrected chi connectivity index (χ1v) is 8.02. The topological polar surface area (TPSA) is 44.3 Å². The van der Waals surface area contributed by atoms with Crippen molar-refractivity contribution in [3.05, 3.63) is 12.4 Å². The van der Waals surface area contributed by atoms with Crippen molar-refractivity contribution in [1.82, 2.24) is 14.9 Å². The van der Waals surface area contributed by atoms with Crippen LogP contribution in [0.5, 0.6) is 0 Å². The molecule has 0 radical (unpaired) electrons. The van der Waals surface area contributed by atoms with E-state index in [1.807, 2.05) is 11.8 Å². The van der Waals surface area contributed by atoms with Crippen molar-refractivity contribution in [2.24, 2.45) is 0 Å². The SMILES string of the molecule is CCN(C)CCNc1cc(N2CCSCC2)ncn1. The van der Waals surface area contributed by atoms with Crippen molar-refractivity contribution in [3.63, 3.8) is 0 Å². The Balaban J connectivity index is 1.87. The molecule has 1 saturated heterocycles. The van der Waals surface area contributed by atoms with Crippen molar-refractivity contribution < 1.29 is 0 Å². The number of nitrogens with one attached hydrogen (secondary N) is 1. The summed E-state index contributed by atoms with van der Waals surface area (Å²) >= 11 is 2.01. The molecule has 5 nitrogen and oxygen atoms in total. The molecule has 1 aromatic heterocycles. The summed E-state index contributed by atoms with van der Waals surface area (Å²) < 4.78 is 0. The molecule has 0 aromatic carbocycles. The maximum absolute atomic E-state index is 4.38. The van der Waals surface area contributed by atoms with E-state index in [-0.39, 0.29) is 0 Å². The zero-order chi connectivity index (χ0) is 13.5. The second-order valence-corrected chi connectivity index (χ2v) is 5.91. The molecule has 6 heteroatoms. The summed E-state index contributed by atoms with van der Waals surface area (Å²) in [5.74, 6) is 4.34. The molecule has 2 rings (SSSR count). The van der Waals surface area contributed by atoms with Gasteiger partial charge in [0.15, 0.2) is 0 Å². The highest BCUT2D eigenvalue weighted by Crippen LogP contribution is 2.18. The normalized spacial score (nSPS) is 15.8. The van der Waals surface area contributed by atoms with Crippen LogP contribution in [0.1, 0.15) is 6.92 Å². The molecule has 0 amide bonds. The molecule has 2 heterocycles. The van der Waals surface area contributed by atoms with Gasteiger partial charge in [0.25, 0.3) is 0 Å². The average molecular weight is 281 g/mol. The molecule has 0 bridgehead atoms. The highest BCUT2D eigenvalue weighted by Gasteiger charge is 2.12. The quantitative estimate of drug-likeness (QED) is 0.850. The molecule has 19 heavy (non-hydrogen) atoms. The lowest BCUT2D eigenvalue weighted by molar-refractivity contribution is 0.367. The predicted octanol–water partition coefficient (Wildman–Crippen LogP) is 1.39. The molecule has 0 unspecified atom stereocenters. The molecule has 0 saturated carbocycles. The summed E-state index contributed by atoms with van der Waals surface area (Å²) in [5, 5.41) is 3.36. The first-order chi connectivity index (χ1) is 9.29. The van der Waals surface area contributed by atoms with E-state index >= 15 is 0 Å². The Morgan fingerprint density at radius 1 is 1.37 bits per heavy atom. The van der Waals surface area contributed by atoms with E-state index in [4.69, 9.17) is 0 Å². The Morgan fingerprint density at radius 2 is 2.16 bits per heavy atom. The van der Waals surface area contributed by atoms with Gasteiger partial charge in [0.1, 0.15) is 18.0 Å². The molecule has 0 aliphatic carbocycles. The van der Waals surface area contributed by atoms with Crippen molar-refractivity contribution in [2.45, 2.75) is 6.92 Å². The number of anilines is 2. The Kier molecular flexibility index (Phi) is 5.72. The van der Waals surface area contributed by atoms with Crippen LogP contribution in [0.2, 0.25) is 0 Å². The van der Waals surface area contributed by atoms with Crippen LogP contribution >= 0.6 is 11.8 Å². The number of nitrogens with zero attached hydrogens (tertiary/aromatic N) is 4. The molecule has 1 aliphatic rings. The fraction of sp³-hybridized carbons (Fsp3) is 0.692. The van der Waals surface area contributed by atoms with Gasteiger partial charge in [-0.15, -0.1) is 0 Å². The largest absolute Gasteiger partial charge is 0.369 e. The van der Waals surface area contributed by atoms with Crippen molar-refractivity contribution >= 4 is 23.4 Å². The standard InChI is InChI=1S/C13H23N5S/c1-3-17(2)5-4-14-12-10-13(16-11-15-12)18-6-8-19-9-7-18/h10-11H,3-9H2,1-2H3,(H,14,15,16). The van der Waals surface area contributed by atoms with Crippen LogP contribution in [-0.2, 0) is 0 Å². The summed E-state index contributed by atoms with van der Waals surface area (Å²) in [4.78, 5) is 13.3. The maximum Gasteiger partial charge on any atom is 0.134 e. The average Bonchev–Trinajstić information content (AvgIpc) is 2.48. The first-order valence-electron chi connectivity index (χ1n) is 6.86. The van der Waals surface area contributed by atoms with Gasteiger partial charge in [-0.25, -0.2) is 9.97 Å². The van der Waals surface area contributed by atoms with Crippen LogP contribution in [0.3, 0.4) is 0 Å². The van der Waals surface area contributed by atoms with Gasteiger partial charge in [-0.2, -0.15) is 11.8 Å². The van der Waals surface area contributed by atoms with Gasteiger partial charge < -0.3 is 15.1 Å². The van der Waals surface area contributed by atoms with E-state index in [0.717, 1.165) is 44.4 Å². The van der Waals surface area contributed by atoms with Gasteiger partial charge in [0.05, 0.1) is 0 Å². The molecular weight excluding hydrogens is 258 g/mol. The second-order valence-electron chi connectivity index (χ2n) is 4.68. The van der Waals surface area contributed by atoms with Gasteiger partial charge in [0.2, 0.25) is 0 Å². The van der Waals surface area contributed by atoms with E-state index < -0.39 is 0 Å². The van der Waals surface area contributed by atoms with Crippen LogP contribution < -0.4 is 10.2 Å². The minimum atomic E-state index is 0.913. The highest BCUT2D eigenvalue weighted by molar-refractivity contribution is 7.99. The smallest absolute Gasteiger partial charge is 0.134 e. The lowest BCUT2D eigenvalue weighted by atomic mass is 10.4. The zero-order valence-electron chi connectivity index (χ0n) is 11.8. The Labute approximate surface area is 119 Å². The van der Waals surface area contributed by atoms with Gasteiger partial charge in [-0.3, -0.25) is 0 Å². The molecule has 106 valence electrons. The van der Waals surface area contributed by atoms with Gasteiger partial charge >= 0.3 is 0 Å². The molecule has 1 aliphatic heterocycles. The highest BCUT2D eigenvalue weighted by atomic mass is 32.2. The Bertz CT molecular complexity index is 381. The van der Waals surface area contributed by atoms with Gasteiger partial charge in [0, 0.05) is 43.8 Å². The predicted molar refractivity (Wildman–Crippen MR) is 83.2 cm³/mol. The first kappa shape index (κ1) is 14.4. The molecular formula is C13H23N5S. The molecule has 0 atom stereocenters. The lowest BCUT2D eigenvalue weighted by Crippen LogP contribution is -2.33. The van der Waals surface area contributed by atoms with Crippen LogP contribution in [0.15, 0.2) is 12.4 Å². The maximum atomic E-state index is 4.38. The van der Waals surface area contributed by atoms with E-state index in [2.05, 4.69) is 45.1 Å². The molecule has 1 N–H and O–H groups in total. The van der Waals surface area contributed by atoms with Gasteiger partial charge in [-0.05, 0) is 13.6 Å². The fourth-order valence-electron chi connectivity index (χ4n) is 1.94. The van der Waals surface area contributed by atoms with Crippen LogP contribution in [0, 0.1) is 0 Å². The van der Waals surface area contributed by atoms with Crippen molar-refractivity contribution in [1.29, 1.82) is 0 Å². The van der Waals surface area contributed by atoms with Crippen molar-refractivity contribution in [2.75, 3.05) is 61.5 Å². The number of hydrogen-bond acceptors (Lipinski definition) is 6. The third-order valence-corrected chi connectivity index (χ3v) is 4.27. The Hall–Kier alpha value is -1.01. The number of rotatable bonds is 6. The van der Waals surface area contributed by atoms with Crippen molar-refractivity contribution in [3.8, 4) is 0 Å². The summed E-state index contributed by atoms with van der Waals surface area (Å²) in [6.45, 7) is 7.34. The summed E-state index contributed by atoms with van der Waals surface area (Å²) in [6, 6.07) is 2.06. The van der Waals surface area contributed by atoms with Crippen LogP contribution in [-0.4, -0.2) is 66.1 Å². The van der Waals surface area contributed by atoms with Gasteiger partial charge in [-0.1, -0.05) is 6.92 Å². The van der Waals surface area contributed by atoms with E-state index in [9.17, 15) is 0 Å². The number of hydrogen-bond donors (Lipinski definition) is 1. The minimum Gasteiger partial charge on any atom is -0.369 e. The monoisotopic (exact) mass is 281 g/mol. The number of likely N-dealkylation sites (N-methyl/N-ethyl adjacent to an activating group) is 1. The zero-order valence-corrected chi connectivity index (χ0v) is 12.6. The minimum absolute atomic E-state index is 0.913.